The molecule has 0 aliphatic rings. The van der Waals surface area contributed by atoms with E-state index in [1.165, 1.54) is 0 Å². The standard InChI is InChI=1S/C19H19BrN4O/c1-24-13-16(12-23-24)18-8-4-15(10-21-18)11-22-19(25)9-5-14-2-6-17(20)7-3-14/h2-4,6-8,10,12-13H,5,9,11H2,1H3,(H,22,25). The number of aromatic nitrogens is 3. The molecule has 0 unspecified atom stereocenters. The number of carbonyl (C=O) groups is 1. The summed E-state index contributed by atoms with van der Waals surface area (Å²) in [5.74, 6) is 0.0410. The zero-order chi connectivity index (χ0) is 17.6. The van der Waals surface area contributed by atoms with Crippen molar-refractivity contribution in [2.75, 3.05) is 0 Å². The topological polar surface area (TPSA) is 59.8 Å². The normalized spacial score (nSPS) is 10.6. The Hall–Kier alpha value is -2.47. The summed E-state index contributed by atoms with van der Waals surface area (Å²) >= 11 is 3.41. The number of hydrogen-bond acceptors (Lipinski definition) is 3. The summed E-state index contributed by atoms with van der Waals surface area (Å²) in [5, 5.41) is 7.08. The van der Waals surface area contributed by atoms with Crippen LogP contribution in [0, 0.1) is 0 Å². The van der Waals surface area contributed by atoms with Gasteiger partial charge in [0.2, 0.25) is 5.91 Å². The third-order valence-electron chi connectivity index (χ3n) is 3.87. The molecule has 0 saturated carbocycles. The molecule has 128 valence electrons. The van der Waals surface area contributed by atoms with Crippen LogP contribution >= 0.6 is 15.9 Å². The molecule has 2 aromatic heterocycles. The maximum atomic E-state index is 12.0. The van der Waals surface area contributed by atoms with Crippen molar-refractivity contribution in [1.82, 2.24) is 20.1 Å². The van der Waals surface area contributed by atoms with Gasteiger partial charge in [-0.15, -0.1) is 0 Å². The van der Waals surface area contributed by atoms with Gasteiger partial charge < -0.3 is 5.32 Å². The number of rotatable bonds is 6. The molecule has 0 bridgehead atoms. The van der Waals surface area contributed by atoms with Crippen molar-refractivity contribution in [3.8, 4) is 11.3 Å². The summed E-state index contributed by atoms with van der Waals surface area (Å²) in [6.45, 7) is 0.486. The molecular weight excluding hydrogens is 380 g/mol. The Morgan fingerprint density at radius 3 is 2.52 bits per heavy atom. The van der Waals surface area contributed by atoms with Crippen LogP contribution in [0.1, 0.15) is 17.5 Å². The minimum Gasteiger partial charge on any atom is -0.352 e. The zero-order valence-electron chi connectivity index (χ0n) is 13.9. The molecule has 0 radical (unpaired) electrons. The fourth-order valence-corrected chi connectivity index (χ4v) is 2.72. The fourth-order valence-electron chi connectivity index (χ4n) is 2.45. The van der Waals surface area contributed by atoms with Crippen LogP contribution in [0.4, 0.5) is 0 Å². The van der Waals surface area contributed by atoms with Crippen molar-refractivity contribution < 1.29 is 4.79 Å². The molecule has 3 rings (SSSR count). The highest BCUT2D eigenvalue weighted by atomic mass is 79.9. The highest BCUT2D eigenvalue weighted by molar-refractivity contribution is 9.10. The molecule has 0 aliphatic heterocycles. The number of hydrogen-bond donors (Lipinski definition) is 1. The van der Waals surface area contributed by atoms with Crippen molar-refractivity contribution in [1.29, 1.82) is 0 Å². The van der Waals surface area contributed by atoms with Gasteiger partial charge in [0.15, 0.2) is 0 Å². The van der Waals surface area contributed by atoms with Gasteiger partial charge in [-0.05, 0) is 35.7 Å². The maximum absolute atomic E-state index is 12.0. The SMILES string of the molecule is Cn1cc(-c2ccc(CNC(=O)CCc3ccc(Br)cc3)cn2)cn1. The van der Waals surface area contributed by atoms with Gasteiger partial charge in [-0.2, -0.15) is 5.10 Å². The number of aryl methyl sites for hydroxylation is 2. The number of pyridine rings is 1. The second-order valence-electron chi connectivity index (χ2n) is 5.86. The van der Waals surface area contributed by atoms with Gasteiger partial charge in [-0.1, -0.05) is 34.1 Å². The first kappa shape index (κ1) is 17.4. The van der Waals surface area contributed by atoms with Crippen LogP contribution < -0.4 is 5.32 Å². The van der Waals surface area contributed by atoms with Crippen molar-refractivity contribution in [3.63, 3.8) is 0 Å². The minimum atomic E-state index is 0.0410. The number of carbonyl (C=O) groups excluding carboxylic acids is 1. The van der Waals surface area contributed by atoms with Crippen molar-refractivity contribution in [2.45, 2.75) is 19.4 Å². The van der Waals surface area contributed by atoms with Crippen LogP contribution in [0.25, 0.3) is 11.3 Å². The lowest BCUT2D eigenvalue weighted by molar-refractivity contribution is -0.121. The number of amides is 1. The summed E-state index contributed by atoms with van der Waals surface area (Å²) in [4.78, 5) is 16.4. The highest BCUT2D eigenvalue weighted by Gasteiger charge is 2.05. The fraction of sp³-hybridized carbons (Fsp3) is 0.211. The molecule has 0 saturated heterocycles. The van der Waals surface area contributed by atoms with Gasteiger partial charge in [0.05, 0.1) is 11.9 Å². The van der Waals surface area contributed by atoms with E-state index in [9.17, 15) is 4.79 Å². The Bertz CT molecular complexity index is 841. The van der Waals surface area contributed by atoms with Gasteiger partial charge in [0.25, 0.3) is 0 Å². The second kappa shape index (κ2) is 8.07. The van der Waals surface area contributed by atoms with Gasteiger partial charge in [0, 0.05) is 42.4 Å². The summed E-state index contributed by atoms with van der Waals surface area (Å²) in [6, 6.07) is 12.0. The quantitative estimate of drug-likeness (QED) is 0.690. The van der Waals surface area contributed by atoms with Crippen LogP contribution in [0.15, 0.2) is 59.5 Å². The average molecular weight is 399 g/mol. The highest BCUT2D eigenvalue weighted by Crippen LogP contribution is 2.15. The van der Waals surface area contributed by atoms with Crippen LogP contribution in [0.2, 0.25) is 0 Å². The molecule has 25 heavy (non-hydrogen) atoms. The monoisotopic (exact) mass is 398 g/mol. The minimum absolute atomic E-state index is 0.0410. The van der Waals surface area contributed by atoms with E-state index < -0.39 is 0 Å². The molecule has 2 heterocycles. The summed E-state index contributed by atoms with van der Waals surface area (Å²) in [7, 11) is 1.88. The van der Waals surface area contributed by atoms with Crippen LogP contribution in [-0.4, -0.2) is 20.7 Å². The molecule has 0 aliphatic carbocycles. The van der Waals surface area contributed by atoms with E-state index in [-0.39, 0.29) is 5.91 Å². The largest absolute Gasteiger partial charge is 0.352 e. The van der Waals surface area contributed by atoms with Gasteiger partial charge in [0.1, 0.15) is 0 Å². The van der Waals surface area contributed by atoms with E-state index in [0.717, 1.165) is 33.3 Å². The Balaban J connectivity index is 1.47. The lowest BCUT2D eigenvalue weighted by atomic mass is 10.1. The van der Waals surface area contributed by atoms with Crippen LogP contribution in [0.5, 0.6) is 0 Å². The Morgan fingerprint density at radius 2 is 1.88 bits per heavy atom. The van der Waals surface area contributed by atoms with E-state index in [1.807, 2.05) is 49.6 Å². The predicted molar refractivity (Wildman–Crippen MR) is 101 cm³/mol. The van der Waals surface area contributed by atoms with E-state index in [0.29, 0.717) is 13.0 Å². The number of halogens is 1. The number of nitrogens with zero attached hydrogens (tertiary/aromatic N) is 3. The number of nitrogens with one attached hydrogen (secondary N) is 1. The first-order valence-electron chi connectivity index (χ1n) is 8.05. The molecule has 5 nitrogen and oxygen atoms in total. The molecule has 0 spiro atoms. The van der Waals surface area contributed by atoms with E-state index in [4.69, 9.17) is 0 Å². The molecule has 0 fully saturated rings. The van der Waals surface area contributed by atoms with E-state index >= 15 is 0 Å². The van der Waals surface area contributed by atoms with E-state index in [2.05, 4.69) is 31.3 Å². The van der Waals surface area contributed by atoms with Gasteiger partial charge >= 0.3 is 0 Å². The third-order valence-corrected chi connectivity index (χ3v) is 4.40. The zero-order valence-corrected chi connectivity index (χ0v) is 15.5. The molecule has 0 atom stereocenters. The third kappa shape index (κ3) is 5.00. The lowest BCUT2D eigenvalue weighted by Gasteiger charge is -2.06. The number of benzene rings is 1. The average Bonchev–Trinajstić information content (AvgIpc) is 3.06. The second-order valence-corrected chi connectivity index (χ2v) is 6.77. The Kier molecular flexibility index (Phi) is 5.60. The first-order valence-corrected chi connectivity index (χ1v) is 8.84. The Morgan fingerprint density at radius 1 is 1.12 bits per heavy atom. The molecular formula is C19H19BrN4O. The summed E-state index contributed by atoms with van der Waals surface area (Å²) in [6.07, 6.45) is 6.70. The Labute approximate surface area is 155 Å². The lowest BCUT2D eigenvalue weighted by Crippen LogP contribution is -2.23. The van der Waals surface area contributed by atoms with Gasteiger partial charge in [-0.3, -0.25) is 14.5 Å². The summed E-state index contributed by atoms with van der Waals surface area (Å²) < 4.78 is 2.79. The predicted octanol–water partition coefficient (Wildman–Crippen LogP) is 3.49. The van der Waals surface area contributed by atoms with Crippen molar-refractivity contribution in [3.05, 3.63) is 70.6 Å². The summed E-state index contributed by atoms with van der Waals surface area (Å²) in [5.41, 5.74) is 3.98. The molecule has 1 N–H and O–H groups in total. The van der Waals surface area contributed by atoms with Crippen molar-refractivity contribution in [2.24, 2.45) is 7.05 Å². The van der Waals surface area contributed by atoms with E-state index in [1.54, 1.807) is 17.1 Å². The molecule has 1 amide bonds. The smallest absolute Gasteiger partial charge is 0.220 e. The van der Waals surface area contributed by atoms with Crippen LogP contribution in [0.3, 0.4) is 0 Å². The molecule has 6 heteroatoms. The van der Waals surface area contributed by atoms with Crippen LogP contribution in [-0.2, 0) is 24.8 Å². The molecule has 3 aromatic rings. The first-order chi connectivity index (χ1) is 12.1. The van der Waals surface area contributed by atoms with Gasteiger partial charge in [-0.25, -0.2) is 0 Å². The molecule has 1 aromatic carbocycles. The maximum Gasteiger partial charge on any atom is 0.220 e. The van der Waals surface area contributed by atoms with Crippen molar-refractivity contribution >= 4 is 21.8 Å².